The van der Waals surface area contributed by atoms with E-state index in [1.54, 1.807) is 5.57 Å². The Hall–Kier alpha value is -0.380. The third-order valence-electron chi connectivity index (χ3n) is 7.40. The van der Waals surface area contributed by atoms with Crippen LogP contribution in [0, 0.1) is 23.7 Å². The molecular weight excluding hydrogens is 322 g/mol. The van der Waals surface area contributed by atoms with Crippen molar-refractivity contribution in [3.63, 3.8) is 0 Å². The molecule has 150 valence electrons. The van der Waals surface area contributed by atoms with E-state index in [1.807, 2.05) is 0 Å². The zero-order chi connectivity index (χ0) is 18.5. The minimum atomic E-state index is -0.140. The summed E-state index contributed by atoms with van der Waals surface area (Å²) in [5.74, 6) is 2.20. The Kier molecular flexibility index (Phi) is 7.60. The monoisotopic (exact) mass is 363 g/mol. The van der Waals surface area contributed by atoms with Crippen molar-refractivity contribution in [1.82, 2.24) is 4.90 Å². The van der Waals surface area contributed by atoms with Gasteiger partial charge in [-0.15, -0.1) is 0 Å². The highest BCUT2D eigenvalue weighted by Gasteiger charge is 2.44. The van der Waals surface area contributed by atoms with Gasteiger partial charge in [0.05, 0.1) is 12.2 Å². The van der Waals surface area contributed by atoms with Crippen molar-refractivity contribution >= 4 is 0 Å². The first-order chi connectivity index (χ1) is 12.5. The van der Waals surface area contributed by atoms with Crippen molar-refractivity contribution in [3.05, 3.63) is 11.6 Å². The van der Waals surface area contributed by atoms with Gasteiger partial charge in [0.15, 0.2) is 0 Å². The zero-order valence-corrected chi connectivity index (χ0v) is 17.1. The van der Waals surface area contributed by atoms with Crippen molar-refractivity contribution < 1.29 is 10.2 Å². The molecule has 0 saturated heterocycles. The van der Waals surface area contributed by atoms with E-state index in [0.29, 0.717) is 23.7 Å². The van der Waals surface area contributed by atoms with Crippen LogP contribution in [0.25, 0.3) is 0 Å². The van der Waals surface area contributed by atoms with E-state index in [9.17, 15) is 10.2 Å². The molecule has 0 unspecified atom stereocenters. The first-order valence-corrected chi connectivity index (χ1v) is 11.2. The lowest BCUT2D eigenvalue weighted by atomic mass is 9.84. The molecule has 0 radical (unpaired) electrons. The molecule has 2 saturated carbocycles. The van der Waals surface area contributed by atoms with Crippen LogP contribution in [-0.2, 0) is 0 Å². The Labute approximate surface area is 160 Å². The Morgan fingerprint density at radius 2 is 1.92 bits per heavy atom. The number of hydrogen-bond acceptors (Lipinski definition) is 3. The third-order valence-corrected chi connectivity index (χ3v) is 7.40. The van der Waals surface area contributed by atoms with Crippen LogP contribution < -0.4 is 0 Å². The highest BCUT2D eigenvalue weighted by Crippen LogP contribution is 2.49. The van der Waals surface area contributed by atoms with Gasteiger partial charge in [0, 0.05) is 0 Å². The molecule has 2 fully saturated rings. The summed E-state index contributed by atoms with van der Waals surface area (Å²) in [6.45, 7) is 1.20. The molecule has 5 atom stereocenters. The number of rotatable bonds is 10. The smallest absolute Gasteiger partial charge is 0.0577 e. The van der Waals surface area contributed by atoms with Gasteiger partial charge in [-0.05, 0) is 102 Å². The number of nitrogens with zero attached hydrogens (tertiary/aromatic N) is 1. The number of fused-ring (bicyclic) bond motifs is 1. The minimum absolute atomic E-state index is 0.130. The molecule has 26 heavy (non-hydrogen) atoms. The first kappa shape index (κ1) is 20.4. The molecule has 0 amide bonds. The maximum Gasteiger partial charge on any atom is 0.0577 e. The van der Waals surface area contributed by atoms with Gasteiger partial charge >= 0.3 is 0 Å². The SMILES string of the molecule is CN(C)CCCCCC1=C[C@H]2C[C@@H](O)[C@H](CC[C@@H](O)C3CCCC3)[C@H]2C1. The first-order valence-electron chi connectivity index (χ1n) is 11.2. The van der Waals surface area contributed by atoms with Crippen LogP contribution in [0.4, 0.5) is 0 Å². The largest absolute Gasteiger partial charge is 0.393 e. The van der Waals surface area contributed by atoms with E-state index in [-0.39, 0.29) is 12.2 Å². The summed E-state index contributed by atoms with van der Waals surface area (Å²) >= 11 is 0. The van der Waals surface area contributed by atoms with Gasteiger partial charge < -0.3 is 15.1 Å². The molecule has 0 aromatic rings. The van der Waals surface area contributed by atoms with Crippen LogP contribution in [0.3, 0.4) is 0 Å². The molecule has 0 spiro atoms. The Balaban J connectivity index is 1.39. The van der Waals surface area contributed by atoms with Gasteiger partial charge in [-0.25, -0.2) is 0 Å². The summed E-state index contributed by atoms with van der Waals surface area (Å²) < 4.78 is 0. The molecule has 0 aromatic heterocycles. The summed E-state index contributed by atoms with van der Waals surface area (Å²) in [5.41, 5.74) is 1.65. The molecule has 3 nitrogen and oxygen atoms in total. The molecule has 3 rings (SSSR count). The van der Waals surface area contributed by atoms with Crippen LogP contribution >= 0.6 is 0 Å². The number of aliphatic hydroxyl groups excluding tert-OH is 2. The Morgan fingerprint density at radius 1 is 1.15 bits per heavy atom. The van der Waals surface area contributed by atoms with Gasteiger partial charge in [-0.2, -0.15) is 0 Å². The summed E-state index contributed by atoms with van der Waals surface area (Å²) in [4.78, 5) is 2.27. The fourth-order valence-corrected chi connectivity index (χ4v) is 5.89. The molecule has 3 aliphatic carbocycles. The van der Waals surface area contributed by atoms with Crippen LogP contribution in [0.1, 0.15) is 77.0 Å². The lowest BCUT2D eigenvalue weighted by Crippen LogP contribution is -2.24. The lowest BCUT2D eigenvalue weighted by molar-refractivity contribution is 0.0676. The van der Waals surface area contributed by atoms with E-state index in [4.69, 9.17) is 0 Å². The molecule has 0 aromatic carbocycles. The minimum Gasteiger partial charge on any atom is -0.393 e. The fraction of sp³-hybridized carbons (Fsp3) is 0.913. The second-order valence-electron chi connectivity index (χ2n) is 9.63. The average Bonchev–Trinajstić information content (AvgIpc) is 3.29. The summed E-state index contributed by atoms with van der Waals surface area (Å²) in [6.07, 6.45) is 16.5. The number of allylic oxidation sites excluding steroid dienone is 2. The highest BCUT2D eigenvalue weighted by atomic mass is 16.3. The summed E-state index contributed by atoms with van der Waals surface area (Å²) in [6, 6.07) is 0. The maximum atomic E-state index is 10.5. The van der Waals surface area contributed by atoms with E-state index in [0.717, 1.165) is 19.3 Å². The van der Waals surface area contributed by atoms with E-state index in [2.05, 4.69) is 25.1 Å². The molecule has 2 N–H and O–H groups in total. The third kappa shape index (κ3) is 5.33. The summed E-state index contributed by atoms with van der Waals surface area (Å²) in [5, 5.41) is 21.0. The van der Waals surface area contributed by atoms with Crippen molar-refractivity contribution in [2.45, 2.75) is 89.3 Å². The van der Waals surface area contributed by atoms with E-state index >= 15 is 0 Å². The number of aliphatic hydroxyl groups is 2. The van der Waals surface area contributed by atoms with Gasteiger partial charge in [-0.1, -0.05) is 30.9 Å². The zero-order valence-electron chi connectivity index (χ0n) is 17.1. The summed E-state index contributed by atoms with van der Waals surface area (Å²) in [7, 11) is 4.30. The molecule has 0 aliphatic heterocycles. The Morgan fingerprint density at radius 3 is 2.65 bits per heavy atom. The normalized spacial score (nSPS) is 33.0. The highest BCUT2D eigenvalue weighted by molar-refractivity contribution is 5.18. The van der Waals surface area contributed by atoms with Gasteiger partial charge in [-0.3, -0.25) is 0 Å². The average molecular weight is 364 g/mol. The van der Waals surface area contributed by atoms with Crippen LogP contribution in [0.5, 0.6) is 0 Å². The van der Waals surface area contributed by atoms with Gasteiger partial charge in [0.2, 0.25) is 0 Å². The molecular formula is C23H41NO2. The van der Waals surface area contributed by atoms with E-state index in [1.165, 1.54) is 64.3 Å². The number of hydrogen-bond donors (Lipinski definition) is 2. The predicted molar refractivity (Wildman–Crippen MR) is 108 cm³/mol. The second-order valence-corrected chi connectivity index (χ2v) is 9.63. The van der Waals surface area contributed by atoms with Crippen molar-refractivity contribution in [2.75, 3.05) is 20.6 Å². The number of unbranched alkanes of at least 4 members (excludes halogenated alkanes) is 2. The maximum absolute atomic E-state index is 10.5. The topological polar surface area (TPSA) is 43.7 Å². The molecule has 0 heterocycles. The second kappa shape index (κ2) is 9.71. The van der Waals surface area contributed by atoms with Crippen LogP contribution in [-0.4, -0.2) is 48.0 Å². The standard InChI is InChI=1S/C23H41NO2/c1-24(2)13-7-3-4-8-17-14-19-16-23(26)20(21(19)15-17)11-12-22(25)18-9-5-6-10-18/h14,18-23,25-26H,3-13,15-16H2,1-2H3/t19-,20+,21-,22+,23+/m0/s1. The molecule has 0 bridgehead atoms. The van der Waals surface area contributed by atoms with Crippen LogP contribution in [0.15, 0.2) is 11.6 Å². The van der Waals surface area contributed by atoms with Crippen molar-refractivity contribution in [1.29, 1.82) is 0 Å². The predicted octanol–water partition coefficient (Wildman–Crippen LogP) is 4.38. The van der Waals surface area contributed by atoms with Gasteiger partial charge in [0.25, 0.3) is 0 Å². The van der Waals surface area contributed by atoms with Crippen LogP contribution in [0.2, 0.25) is 0 Å². The van der Waals surface area contributed by atoms with E-state index < -0.39 is 0 Å². The molecule has 3 aliphatic rings. The lowest BCUT2D eigenvalue weighted by Gasteiger charge is -2.25. The molecule has 3 heteroatoms. The quantitative estimate of drug-likeness (QED) is 0.447. The van der Waals surface area contributed by atoms with Crippen molar-refractivity contribution in [2.24, 2.45) is 23.7 Å². The Bertz CT molecular complexity index is 455. The van der Waals surface area contributed by atoms with Gasteiger partial charge in [0.1, 0.15) is 0 Å². The fourth-order valence-electron chi connectivity index (χ4n) is 5.89. The van der Waals surface area contributed by atoms with Crippen molar-refractivity contribution in [3.8, 4) is 0 Å².